The summed E-state index contributed by atoms with van der Waals surface area (Å²) in [6, 6.07) is 7.34. The van der Waals surface area contributed by atoms with Crippen LogP contribution in [0, 0.1) is 11.3 Å². The second-order valence-corrected chi connectivity index (χ2v) is 4.72. The van der Waals surface area contributed by atoms with Crippen LogP contribution >= 0.6 is 11.8 Å². The van der Waals surface area contributed by atoms with Crippen LogP contribution in [0.15, 0.2) is 23.1 Å². The molecule has 16 heavy (non-hydrogen) atoms. The summed E-state index contributed by atoms with van der Waals surface area (Å²) in [4.78, 5) is 12.3. The van der Waals surface area contributed by atoms with E-state index in [0.717, 1.165) is 29.1 Å². The summed E-state index contributed by atoms with van der Waals surface area (Å²) < 4.78 is 0. The SMILES string of the molecule is CCCCSc1cc(C#N)ccc1C(C)=O. The molecular weight excluding hydrogens is 218 g/mol. The second kappa shape index (κ2) is 6.34. The summed E-state index contributed by atoms with van der Waals surface area (Å²) in [5.41, 5.74) is 1.34. The minimum atomic E-state index is 0.0588. The number of nitrogens with zero attached hydrogens (tertiary/aromatic N) is 1. The molecule has 0 aliphatic carbocycles. The Morgan fingerprint density at radius 2 is 2.25 bits per heavy atom. The number of hydrogen-bond acceptors (Lipinski definition) is 3. The maximum Gasteiger partial charge on any atom is 0.160 e. The van der Waals surface area contributed by atoms with E-state index >= 15 is 0 Å². The summed E-state index contributed by atoms with van der Waals surface area (Å²) in [6.45, 7) is 3.70. The number of rotatable bonds is 5. The Kier molecular flexibility index (Phi) is 5.07. The van der Waals surface area contributed by atoms with Gasteiger partial charge in [0.05, 0.1) is 11.6 Å². The molecule has 2 nitrogen and oxygen atoms in total. The van der Waals surface area contributed by atoms with Crippen molar-refractivity contribution in [2.75, 3.05) is 5.75 Å². The molecule has 0 radical (unpaired) electrons. The molecule has 0 spiro atoms. The summed E-state index contributed by atoms with van der Waals surface area (Å²) in [7, 11) is 0. The minimum absolute atomic E-state index is 0.0588. The van der Waals surface area contributed by atoms with Crippen molar-refractivity contribution < 1.29 is 4.79 Å². The topological polar surface area (TPSA) is 40.9 Å². The lowest BCUT2D eigenvalue weighted by Crippen LogP contribution is -1.96. The number of hydrogen-bond donors (Lipinski definition) is 0. The maximum atomic E-state index is 11.4. The molecular formula is C13H15NOS. The summed E-state index contributed by atoms with van der Waals surface area (Å²) in [5.74, 6) is 1.05. The van der Waals surface area contributed by atoms with Crippen LogP contribution in [-0.2, 0) is 0 Å². The van der Waals surface area contributed by atoms with Gasteiger partial charge in [0.1, 0.15) is 0 Å². The van der Waals surface area contributed by atoms with Gasteiger partial charge in [-0.05, 0) is 37.3 Å². The highest BCUT2D eigenvalue weighted by atomic mass is 32.2. The van der Waals surface area contributed by atoms with Gasteiger partial charge in [0.15, 0.2) is 5.78 Å². The molecule has 0 bridgehead atoms. The van der Waals surface area contributed by atoms with Gasteiger partial charge in [0.2, 0.25) is 0 Å². The predicted octanol–water partition coefficient (Wildman–Crippen LogP) is 3.65. The van der Waals surface area contributed by atoms with E-state index in [9.17, 15) is 4.79 Å². The van der Waals surface area contributed by atoms with E-state index in [-0.39, 0.29) is 5.78 Å². The van der Waals surface area contributed by atoms with Crippen LogP contribution in [0.25, 0.3) is 0 Å². The van der Waals surface area contributed by atoms with Gasteiger partial charge >= 0.3 is 0 Å². The third-order valence-electron chi connectivity index (χ3n) is 2.25. The number of ketones is 1. The fraction of sp³-hybridized carbons (Fsp3) is 0.385. The summed E-state index contributed by atoms with van der Waals surface area (Å²) in [5, 5.41) is 8.82. The third-order valence-corrected chi connectivity index (χ3v) is 3.39. The number of nitriles is 1. The van der Waals surface area contributed by atoms with Gasteiger partial charge in [0.25, 0.3) is 0 Å². The first-order valence-corrected chi connectivity index (χ1v) is 6.35. The highest BCUT2D eigenvalue weighted by Gasteiger charge is 2.08. The van der Waals surface area contributed by atoms with Gasteiger partial charge in [-0.2, -0.15) is 5.26 Å². The van der Waals surface area contributed by atoms with E-state index in [4.69, 9.17) is 5.26 Å². The zero-order valence-corrected chi connectivity index (χ0v) is 10.4. The van der Waals surface area contributed by atoms with E-state index in [1.54, 1.807) is 36.9 Å². The van der Waals surface area contributed by atoms with Gasteiger partial charge in [-0.3, -0.25) is 4.79 Å². The van der Waals surface area contributed by atoms with Crippen molar-refractivity contribution in [1.29, 1.82) is 5.26 Å². The Bertz CT molecular complexity index is 420. The Morgan fingerprint density at radius 3 is 2.81 bits per heavy atom. The molecule has 0 aliphatic rings. The number of carbonyl (C=O) groups excluding carboxylic acids is 1. The molecule has 0 fully saturated rings. The van der Waals surface area contributed by atoms with E-state index in [2.05, 4.69) is 13.0 Å². The molecule has 0 saturated heterocycles. The van der Waals surface area contributed by atoms with Crippen LogP contribution in [-0.4, -0.2) is 11.5 Å². The molecule has 1 aromatic carbocycles. The van der Waals surface area contributed by atoms with Gasteiger partial charge in [-0.25, -0.2) is 0 Å². The Morgan fingerprint density at radius 1 is 1.50 bits per heavy atom. The van der Waals surface area contributed by atoms with E-state index in [1.165, 1.54) is 0 Å². The number of benzene rings is 1. The van der Waals surface area contributed by atoms with Crippen molar-refractivity contribution in [3.63, 3.8) is 0 Å². The molecule has 0 N–H and O–H groups in total. The Labute approximate surface area is 101 Å². The average molecular weight is 233 g/mol. The van der Waals surface area contributed by atoms with E-state index in [1.807, 2.05) is 0 Å². The Hall–Kier alpha value is -1.27. The van der Waals surface area contributed by atoms with Gasteiger partial charge in [0, 0.05) is 10.5 Å². The summed E-state index contributed by atoms with van der Waals surface area (Å²) >= 11 is 1.66. The first-order valence-electron chi connectivity index (χ1n) is 5.37. The second-order valence-electron chi connectivity index (χ2n) is 3.58. The van der Waals surface area contributed by atoms with Gasteiger partial charge < -0.3 is 0 Å². The Balaban J connectivity index is 2.92. The largest absolute Gasteiger partial charge is 0.294 e. The maximum absolute atomic E-state index is 11.4. The smallest absolute Gasteiger partial charge is 0.160 e. The van der Waals surface area contributed by atoms with Crippen molar-refractivity contribution in [3.05, 3.63) is 29.3 Å². The monoisotopic (exact) mass is 233 g/mol. The van der Waals surface area contributed by atoms with Crippen LogP contribution in [0.4, 0.5) is 0 Å². The molecule has 0 aromatic heterocycles. The standard InChI is InChI=1S/C13H15NOS/c1-3-4-7-16-13-8-11(9-14)5-6-12(13)10(2)15/h5-6,8H,3-4,7H2,1-2H3. The highest BCUT2D eigenvalue weighted by Crippen LogP contribution is 2.25. The number of unbranched alkanes of at least 4 members (excludes halogenated alkanes) is 1. The first-order chi connectivity index (χ1) is 7.69. The quantitative estimate of drug-likeness (QED) is 0.443. The van der Waals surface area contributed by atoms with Crippen molar-refractivity contribution in [3.8, 4) is 6.07 Å². The molecule has 0 heterocycles. The lowest BCUT2D eigenvalue weighted by molar-refractivity contribution is 0.101. The number of carbonyl (C=O) groups is 1. The molecule has 1 rings (SSSR count). The van der Waals surface area contributed by atoms with Crippen LogP contribution in [0.5, 0.6) is 0 Å². The van der Waals surface area contributed by atoms with Crippen LogP contribution < -0.4 is 0 Å². The fourth-order valence-electron chi connectivity index (χ4n) is 1.33. The van der Waals surface area contributed by atoms with Crippen molar-refractivity contribution in [2.24, 2.45) is 0 Å². The van der Waals surface area contributed by atoms with Gasteiger partial charge in [-0.1, -0.05) is 13.3 Å². The lowest BCUT2D eigenvalue weighted by atomic mass is 10.1. The molecule has 0 saturated carbocycles. The molecule has 0 atom stereocenters. The first kappa shape index (κ1) is 12.8. The van der Waals surface area contributed by atoms with Crippen molar-refractivity contribution in [1.82, 2.24) is 0 Å². The van der Waals surface area contributed by atoms with Crippen molar-refractivity contribution in [2.45, 2.75) is 31.6 Å². The minimum Gasteiger partial charge on any atom is -0.294 e. The number of thioether (sulfide) groups is 1. The average Bonchev–Trinajstić information content (AvgIpc) is 2.29. The molecule has 3 heteroatoms. The molecule has 0 unspecified atom stereocenters. The number of Topliss-reactive ketones (excluding diaryl/α,β-unsaturated/α-hetero) is 1. The van der Waals surface area contributed by atoms with Gasteiger partial charge in [-0.15, -0.1) is 11.8 Å². The zero-order chi connectivity index (χ0) is 12.0. The highest BCUT2D eigenvalue weighted by molar-refractivity contribution is 7.99. The predicted molar refractivity (Wildman–Crippen MR) is 66.8 cm³/mol. The third kappa shape index (κ3) is 3.39. The van der Waals surface area contributed by atoms with Crippen LogP contribution in [0.1, 0.15) is 42.6 Å². The molecule has 0 aliphatic heterocycles. The zero-order valence-electron chi connectivity index (χ0n) is 9.62. The molecule has 1 aromatic rings. The fourth-order valence-corrected chi connectivity index (χ4v) is 2.56. The normalized spacial score (nSPS) is 9.81. The van der Waals surface area contributed by atoms with Crippen LogP contribution in [0.2, 0.25) is 0 Å². The molecule has 84 valence electrons. The van der Waals surface area contributed by atoms with E-state index in [0.29, 0.717) is 5.56 Å². The van der Waals surface area contributed by atoms with E-state index < -0.39 is 0 Å². The van der Waals surface area contributed by atoms with Crippen LogP contribution in [0.3, 0.4) is 0 Å². The molecule has 0 amide bonds. The lowest BCUT2D eigenvalue weighted by Gasteiger charge is -2.06. The summed E-state index contributed by atoms with van der Waals surface area (Å²) in [6.07, 6.45) is 2.26. The van der Waals surface area contributed by atoms with Crippen molar-refractivity contribution >= 4 is 17.5 Å².